The molecule has 8 heteroatoms. The van der Waals surface area contributed by atoms with E-state index >= 15 is 0 Å². The molecule has 32 heavy (non-hydrogen) atoms. The Hall–Kier alpha value is -2.21. The number of ether oxygens (including phenoxy) is 3. The first-order chi connectivity index (χ1) is 15.3. The van der Waals surface area contributed by atoms with E-state index in [2.05, 4.69) is 0 Å². The maximum atomic E-state index is 14.4. The van der Waals surface area contributed by atoms with Gasteiger partial charge in [-0.25, -0.2) is 0 Å². The van der Waals surface area contributed by atoms with Gasteiger partial charge in [-0.3, -0.25) is 4.57 Å². The molecule has 1 saturated carbocycles. The summed E-state index contributed by atoms with van der Waals surface area (Å²) in [5, 5.41) is 11.9. The standard InChI is InChI=1S/C24H34NO6P/c1-25(2)18-11-13-20(14-12-18)32(27,31-19-9-7-6-8-10-19)24(26)17-15-21(28-3)23(30-5)22(16-17)29-4/h11-16,19,24,26H,6-10H2,1-5H3/t24-,32-/m0/s1. The second-order valence-electron chi connectivity index (χ2n) is 8.21. The quantitative estimate of drug-likeness (QED) is 0.539. The molecule has 7 nitrogen and oxygen atoms in total. The lowest BCUT2D eigenvalue weighted by atomic mass is 9.98. The van der Waals surface area contributed by atoms with Gasteiger partial charge in [-0.2, -0.15) is 0 Å². The molecule has 176 valence electrons. The second kappa shape index (κ2) is 10.6. The van der Waals surface area contributed by atoms with Crippen molar-refractivity contribution in [3.05, 3.63) is 42.0 Å². The van der Waals surface area contributed by atoms with Crippen LogP contribution in [0, 0.1) is 0 Å². The largest absolute Gasteiger partial charge is 0.493 e. The summed E-state index contributed by atoms with van der Waals surface area (Å²) in [5.74, 6) is -0.214. The van der Waals surface area contributed by atoms with Crippen LogP contribution in [0.2, 0.25) is 0 Å². The monoisotopic (exact) mass is 463 g/mol. The fourth-order valence-electron chi connectivity index (χ4n) is 4.06. The van der Waals surface area contributed by atoms with Gasteiger partial charge in [-0.15, -0.1) is 0 Å². The molecule has 0 unspecified atom stereocenters. The van der Waals surface area contributed by atoms with E-state index in [4.69, 9.17) is 18.7 Å². The number of rotatable bonds is 9. The van der Waals surface area contributed by atoms with Gasteiger partial charge in [0.2, 0.25) is 5.75 Å². The Morgan fingerprint density at radius 3 is 1.97 bits per heavy atom. The smallest absolute Gasteiger partial charge is 0.264 e. The van der Waals surface area contributed by atoms with E-state index in [1.165, 1.54) is 21.3 Å². The molecule has 1 fully saturated rings. The molecule has 1 N–H and O–H groups in total. The molecule has 0 saturated heterocycles. The highest BCUT2D eigenvalue weighted by molar-refractivity contribution is 7.67. The van der Waals surface area contributed by atoms with Gasteiger partial charge in [-0.1, -0.05) is 19.3 Å². The predicted molar refractivity (Wildman–Crippen MR) is 127 cm³/mol. The van der Waals surface area contributed by atoms with Crippen molar-refractivity contribution >= 4 is 18.4 Å². The van der Waals surface area contributed by atoms with Gasteiger partial charge in [0.05, 0.1) is 27.4 Å². The lowest BCUT2D eigenvalue weighted by Gasteiger charge is -2.31. The first-order valence-electron chi connectivity index (χ1n) is 10.9. The number of hydrogen-bond acceptors (Lipinski definition) is 7. The average molecular weight is 464 g/mol. The van der Waals surface area contributed by atoms with E-state index in [9.17, 15) is 9.67 Å². The molecule has 2 aromatic rings. The summed E-state index contributed by atoms with van der Waals surface area (Å²) in [6.45, 7) is 0. The summed E-state index contributed by atoms with van der Waals surface area (Å²) >= 11 is 0. The normalized spacial score (nSPS) is 17.3. The van der Waals surface area contributed by atoms with Gasteiger partial charge in [0.15, 0.2) is 17.3 Å². The number of anilines is 1. The summed E-state index contributed by atoms with van der Waals surface area (Å²) in [7, 11) is 4.71. The molecule has 0 heterocycles. The SMILES string of the molecule is COc1cc([C@@H](O)[P@@](=O)(OC2CCCCC2)c2ccc(N(C)C)cc2)cc(OC)c1OC. The molecular weight excluding hydrogens is 429 g/mol. The number of nitrogens with zero attached hydrogens (tertiary/aromatic N) is 1. The van der Waals surface area contributed by atoms with Crippen LogP contribution < -0.4 is 24.4 Å². The predicted octanol–water partition coefficient (Wildman–Crippen LogP) is 4.72. The second-order valence-corrected chi connectivity index (χ2v) is 10.6. The van der Waals surface area contributed by atoms with Gasteiger partial charge in [0, 0.05) is 25.1 Å². The van der Waals surface area contributed by atoms with Gasteiger partial charge in [0.1, 0.15) is 0 Å². The summed E-state index contributed by atoms with van der Waals surface area (Å²) < 4.78 is 36.9. The van der Waals surface area contributed by atoms with Crippen LogP contribution in [0.5, 0.6) is 17.2 Å². The average Bonchev–Trinajstić information content (AvgIpc) is 2.83. The number of methoxy groups -OCH3 is 3. The Bertz CT molecular complexity index is 915. The lowest BCUT2D eigenvalue weighted by molar-refractivity contribution is 0.137. The van der Waals surface area contributed by atoms with Crippen molar-refractivity contribution in [1.82, 2.24) is 0 Å². The first kappa shape index (κ1) is 24.4. The zero-order valence-electron chi connectivity index (χ0n) is 19.5. The Kier molecular flexibility index (Phi) is 8.10. The zero-order chi connectivity index (χ0) is 23.3. The molecule has 2 atom stereocenters. The summed E-state index contributed by atoms with van der Waals surface area (Å²) in [6.07, 6.45) is 4.73. The van der Waals surface area contributed by atoms with Crippen LogP contribution in [0.4, 0.5) is 5.69 Å². The highest BCUT2D eigenvalue weighted by Gasteiger charge is 2.40. The molecular formula is C24H34NO6P. The van der Waals surface area contributed by atoms with Crippen molar-refractivity contribution < 1.29 is 28.4 Å². The minimum Gasteiger partial charge on any atom is -0.493 e. The third-order valence-electron chi connectivity index (χ3n) is 5.89. The zero-order valence-corrected chi connectivity index (χ0v) is 20.4. The number of aliphatic hydroxyl groups excluding tert-OH is 1. The molecule has 0 amide bonds. The van der Waals surface area contributed by atoms with Gasteiger partial charge in [-0.05, 0) is 54.8 Å². The van der Waals surface area contributed by atoms with Crippen LogP contribution in [0.3, 0.4) is 0 Å². The third-order valence-corrected chi connectivity index (χ3v) is 8.46. The van der Waals surface area contributed by atoms with Crippen molar-refractivity contribution in [2.24, 2.45) is 0 Å². The molecule has 0 spiro atoms. The molecule has 0 aliphatic heterocycles. The third kappa shape index (κ3) is 5.06. The number of aliphatic hydroxyl groups is 1. The minimum absolute atomic E-state index is 0.153. The summed E-state index contributed by atoms with van der Waals surface area (Å²) in [6, 6.07) is 10.6. The van der Waals surface area contributed by atoms with Crippen molar-refractivity contribution in [2.45, 2.75) is 44.1 Å². The fourth-order valence-corrected chi connectivity index (χ4v) is 6.34. The van der Waals surface area contributed by atoms with E-state index in [0.717, 1.165) is 37.8 Å². The first-order valence-corrected chi connectivity index (χ1v) is 12.6. The van der Waals surface area contributed by atoms with Crippen molar-refractivity contribution in [2.75, 3.05) is 40.3 Å². The molecule has 1 aliphatic carbocycles. The molecule has 0 bridgehead atoms. The minimum atomic E-state index is -3.70. The molecule has 0 aromatic heterocycles. The highest BCUT2D eigenvalue weighted by atomic mass is 31.2. The molecule has 2 aromatic carbocycles. The van der Waals surface area contributed by atoms with E-state index in [1.54, 1.807) is 24.3 Å². The van der Waals surface area contributed by atoms with Crippen molar-refractivity contribution in [1.29, 1.82) is 0 Å². The Balaban J connectivity index is 2.07. The van der Waals surface area contributed by atoms with Gasteiger partial charge >= 0.3 is 0 Å². The maximum Gasteiger partial charge on any atom is 0.264 e. The lowest BCUT2D eigenvalue weighted by Crippen LogP contribution is -2.22. The van der Waals surface area contributed by atoms with E-state index in [1.807, 2.05) is 31.1 Å². The van der Waals surface area contributed by atoms with Crippen molar-refractivity contribution in [3.63, 3.8) is 0 Å². The van der Waals surface area contributed by atoms with E-state index in [-0.39, 0.29) is 6.10 Å². The number of hydrogen-bond donors (Lipinski definition) is 1. The summed E-state index contributed by atoms with van der Waals surface area (Å²) in [5.41, 5.74) is 1.36. The Morgan fingerprint density at radius 1 is 0.938 bits per heavy atom. The summed E-state index contributed by atoms with van der Waals surface area (Å²) in [4.78, 5) is 1.96. The molecule has 3 rings (SSSR count). The van der Waals surface area contributed by atoms with Crippen LogP contribution in [-0.2, 0) is 9.09 Å². The van der Waals surface area contributed by atoms with Crippen LogP contribution in [-0.4, -0.2) is 46.6 Å². The van der Waals surface area contributed by atoms with Gasteiger partial charge in [0.25, 0.3) is 7.37 Å². The molecule has 1 aliphatic rings. The van der Waals surface area contributed by atoms with E-state index in [0.29, 0.717) is 28.1 Å². The van der Waals surface area contributed by atoms with Crippen LogP contribution in [0.15, 0.2) is 36.4 Å². The fraction of sp³-hybridized carbons (Fsp3) is 0.500. The molecule has 0 radical (unpaired) electrons. The Labute approximate surface area is 190 Å². The van der Waals surface area contributed by atoms with Crippen LogP contribution in [0.1, 0.15) is 43.5 Å². The van der Waals surface area contributed by atoms with Crippen LogP contribution in [0.25, 0.3) is 0 Å². The van der Waals surface area contributed by atoms with Crippen LogP contribution >= 0.6 is 7.37 Å². The Morgan fingerprint density at radius 2 is 1.50 bits per heavy atom. The number of benzene rings is 2. The van der Waals surface area contributed by atoms with Gasteiger partial charge < -0.3 is 28.7 Å². The van der Waals surface area contributed by atoms with E-state index < -0.39 is 13.2 Å². The van der Waals surface area contributed by atoms with Crippen molar-refractivity contribution in [3.8, 4) is 17.2 Å². The maximum absolute atomic E-state index is 14.4. The highest BCUT2D eigenvalue weighted by Crippen LogP contribution is 2.60. The topological polar surface area (TPSA) is 77.5 Å².